The summed E-state index contributed by atoms with van der Waals surface area (Å²) < 4.78 is 11.8. The monoisotopic (exact) mass is 300 g/mol. The summed E-state index contributed by atoms with van der Waals surface area (Å²) in [6.07, 6.45) is 0. The summed E-state index contributed by atoms with van der Waals surface area (Å²) in [5, 5.41) is 3.37. The smallest absolute Gasteiger partial charge is 0.227 e. The molecular weight excluding hydrogens is 288 g/mol. The molecule has 4 nitrogen and oxygen atoms in total. The molecule has 3 aromatic carbocycles. The number of rotatable bonds is 1. The van der Waals surface area contributed by atoms with Gasteiger partial charge in [0.05, 0.1) is 11.4 Å². The van der Waals surface area contributed by atoms with Crippen molar-refractivity contribution < 1.29 is 9.15 Å². The summed E-state index contributed by atoms with van der Waals surface area (Å²) in [6, 6.07) is 21.6. The van der Waals surface area contributed by atoms with Crippen LogP contribution in [0.3, 0.4) is 0 Å². The maximum Gasteiger partial charge on any atom is 0.227 e. The first-order valence-electron chi connectivity index (χ1n) is 7.41. The third kappa shape index (κ3) is 1.96. The van der Waals surface area contributed by atoms with Gasteiger partial charge in [0.25, 0.3) is 0 Å². The average Bonchev–Trinajstić information content (AvgIpc) is 3.01. The Morgan fingerprint density at radius 2 is 1.61 bits per heavy atom. The fourth-order valence-electron chi connectivity index (χ4n) is 2.76. The summed E-state index contributed by atoms with van der Waals surface area (Å²) in [4.78, 5) is 4.58. The van der Waals surface area contributed by atoms with E-state index in [0.717, 1.165) is 34.0 Å². The highest BCUT2D eigenvalue weighted by Crippen LogP contribution is 2.43. The van der Waals surface area contributed by atoms with Crippen LogP contribution in [0.5, 0.6) is 11.5 Å². The zero-order chi connectivity index (χ0) is 15.2. The van der Waals surface area contributed by atoms with E-state index in [4.69, 9.17) is 9.15 Å². The molecule has 5 rings (SSSR count). The Hall–Kier alpha value is -3.27. The Morgan fingerprint density at radius 1 is 0.783 bits per heavy atom. The summed E-state index contributed by atoms with van der Waals surface area (Å²) in [7, 11) is 0. The van der Waals surface area contributed by atoms with Gasteiger partial charge in [-0.2, -0.15) is 0 Å². The number of benzene rings is 3. The summed E-state index contributed by atoms with van der Waals surface area (Å²) >= 11 is 0. The minimum atomic E-state index is 0.612. The molecule has 4 aromatic rings. The van der Waals surface area contributed by atoms with Gasteiger partial charge in [0.1, 0.15) is 5.52 Å². The largest absolute Gasteiger partial charge is 0.453 e. The first-order valence-corrected chi connectivity index (χ1v) is 7.41. The second-order valence-corrected chi connectivity index (χ2v) is 5.42. The van der Waals surface area contributed by atoms with Crippen molar-refractivity contribution in [2.75, 3.05) is 5.32 Å². The van der Waals surface area contributed by atoms with Crippen molar-refractivity contribution in [3.8, 4) is 23.0 Å². The number of fused-ring (bicyclic) bond motifs is 3. The molecule has 0 unspecified atom stereocenters. The molecule has 23 heavy (non-hydrogen) atoms. The van der Waals surface area contributed by atoms with Crippen LogP contribution in [0.4, 0.5) is 11.4 Å². The molecule has 0 atom stereocenters. The van der Waals surface area contributed by atoms with E-state index in [1.165, 1.54) is 0 Å². The van der Waals surface area contributed by atoms with Gasteiger partial charge < -0.3 is 14.5 Å². The minimum absolute atomic E-state index is 0.612. The Balaban J connectivity index is 1.64. The van der Waals surface area contributed by atoms with E-state index in [0.29, 0.717) is 11.5 Å². The van der Waals surface area contributed by atoms with Gasteiger partial charge in [-0.25, -0.2) is 4.98 Å². The van der Waals surface area contributed by atoms with Crippen LogP contribution in [-0.2, 0) is 0 Å². The van der Waals surface area contributed by atoms with Gasteiger partial charge in [-0.1, -0.05) is 30.3 Å². The first-order chi connectivity index (χ1) is 11.4. The van der Waals surface area contributed by atoms with Gasteiger partial charge in [0.15, 0.2) is 17.1 Å². The van der Waals surface area contributed by atoms with Gasteiger partial charge in [-0.3, -0.25) is 0 Å². The van der Waals surface area contributed by atoms with Gasteiger partial charge >= 0.3 is 0 Å². The first kappa shape index (κ1) is 12.3. The maximum absolute atomic E-state index is 5.95. The number of para-hydroxylation sites is 2. The quantitative estimate of drug-likeness (QED) is 0.453. The molecule has 1 aliphatic heterocycles. The predicted molar refractivity (Wildman–Crippen MR) is 89.2 cm³/mol. The van der Waals surface area contributed by atoms with Crippen LogP contribution in [0.2, 0.25) is 0 Å². The zero-order valence-electron chi connectivity index (χ0n) is 12.1. The Kier molecular flexibility index (Phi) is 2.46. The van der Waals surface area contributed by atoms with Gasteiger partial charge in [0.2, 0.25) is 5.89 Å². The van der Waals surface area contributed by atoms with Crippen molar-refractivity contribution in [2.45, 2.75) is 0 Å². The molecule has 1 aromatic heterocycles. The third-order valence-corrected chi connectivity index (χ3v) is 3.89. The average molecular weight is 300 g/mol. The number of hydrogen-bond acceptors (Lipinski definition) is 4. The van der Waals surface area contributed by atoms with E-state index in [1.807, 2.05) is 66.7 Å². The van der Waals surface area contributed by atoms with Crippen LogP contribution >= 0.6 is 0 Å². The molecule has 0 bridgehead atoms. The third-order valence-electron chi connectivity index (χ3n) is 3.89. The lowest BCUT2D eigenvalue weighted by atomic mass is 10.2. The molecular formula is C19H12N2O2. The number of hydrogen-bond donors (Lipinski definition) is 1. The number of nitrogens with zero attached hydrogens (tertiary/aromatic N) is 1. The molecule has 0 saturated heterocycles. The predicted octanol–water partition coefficient (Wildman–Crippen LogP) is 5.34. The Bertz CT molecular complexity index is 960. The van der Waals surface area contributed by atoms with Gasteiger partial charge in [0, 0.05) is 11.6 Å². The minimum Gasteiger partial charge on any atom is -0.453 e. The van der Waals surface area contributed by atoms with Crippen LogP contribution in [0, 0.1) is 0 Å². The highest BCUT2D eigenvalue weighted by Gasteiger charge is 2.19. The van der Waals surface area contributed by atoms with Crippen LogP contribution < -0.4 is 10.1 Å². The number of nitrogens with one attached hydrogen (secondary N) is 1. The van der Waals surface area contributed by atoms with Crippen molar-refractivity contribution in [3.63, 3.8) is 0 Å². The Morgan fingerprint density at radius 3 is 2.52 bits per heavy atom. The second kappa shape index (κ2) is 4.61. The fourth-order valence-corrected chi connectivity index (χ4v) is 2.76. The molecule has 0 spiro atoms. The van der Waals surface area contributed by atoms with E-state index < -0.39 is 0 Å². The topological polar surface area (TPSA) is 47.3 Å². The van der Waals surface area contributed by atoms with Gasteiger partial charge in [-0.15, -0.1) is 0 Å². The molecule has 0 radical (unpaired) electrons. The second-order valence-electron chi connectivity index (χ2n) is 5.42. The lowest BCUT2D eigenvalue weighted by Gasteiger charge is -2.21. The summed E-state index contributed by atoms with van der Waals surface area (Å²) in [5.41, 5.74) is 4.32. The summed E-state index contributed by atoms with van der Waals surface area (Å²) in [6.45, 7) is 0. The molecule has 0 fully saturated rings. The van der Waals surface area contributed by atoms with E-state index in [-0.39, 0.29) is 0 Å². The van der Waals surface area contributed by atoms with Crippen molar-refractivity contribution >= 4 is 22.5 Å². The lowest BCUT2D eigenvalue weighted by molar-refractivity contribution is 0.480. The highest BCUT2D eigenvalue weighted by atomic mass is 16.5. The van der Waals surface area contributed by atoms with E-state index in [9.17, 15) is 0 Å². The molecule has 0 saturated carbocycles. The summed E-state index contributed by atoms with van der Waals surface area (Å²) in [5.74, 6) is 2.16. The van der Waals surface area contributed by atoms with Crippen LogP contribution in [0.25, 0.3) is 22.6 Å². The van der Waals surface area contributed by atoms with Crippen LogP contribution in [0.1, 0.15) is 0 Å². The van der Waals surface area contributed by atoms with E-state index in [1.54, 1.807) is 0 Å². The lowest BCUT2D eigenvalue weighted by Crippen LogP contribution is -2.02. The fraction of sp³-hybridized carbons (Fsp3) is 0. The van der Waals surface area contributed by atoms with Crippen molar-refractivity contribution in [3.05, 3.63) is 66.7 Å². The number of aromatic nitrogens is 1. The highest BCUT2D eigenvalue weighted by molar-refractivity contribution is 5.87. The standard InChI is InChI=1S/C19H12N2O2/c1-2-6-12(7-3-1)19-21-15-10-14-17(11-18(15)23-19)22-16-9-5-4-8-13(16)20-14/h1-11,20H. The number of anilines is 2. The van der Waals surface area contributed by atoms with Crippen LogP contribution in [0.15, 0.2) is 71.1 Å². The SMILES string of the molecule is c1ccc(-c2nc3cc4c(cc3o2)Oc2ccccc2N4)cc1. The zero-order valence-corrected chi connectivity index (χ0v) is 12.1. The van der Waals surface area contributed by atoms with Crippen molar-refractivity contribution in [2.24, 2.45) is 0 Å². The normalized spacial score (nSPS) is 12.2. The molecule has 2 heterocycles. The number of oxazole rings is 1. The number of ether oxygens (including phenoxy) is 1. The van der Waals surface area contributed by atoms with E-state index in [2.05, 4.69) is 10.3 Å². The molecule has 0 amide bonds. The Labute approximate surface area is 132 Å². The molecule has 1 N–H and O–H groups in total. The maximum atomic E-state index is 5.95. The molecule has 1 aliphatic rings. The molecule has 0 aliphatic carbocycles. The van der Waals surface area contributed by atoms with Crippen molar-refractivity contribution in [1.82, 2.24) is 4.98 Å². The molecule has 110 valence electrons. The molecule has 4 heteroatoms. The van der Waals surface area contributed by atoms with Crippen LogP contribution in [-0.4, -0.2) is 4.98 Å². The van der Waals surface area contributed by atoms with Crippen molar-refractivity contribution in [1.29, 1.82) is 0 Å². The van der Waals surface area contributed by atoms with Gasteiger partial charge in [-0.05, 0) is 30.3 Å². The van der Waals surface area contributed by atoms with E-state index >= 15 is 0 Å².